The van der Waals surface area contributed by atoms with Crippen LogP contribution in [0.15, 0.2) is 0 Å². The molecule has 0 aromatic carbocycles. The van der Waals surface area contributed by atoms with Crippen LogP contribution in [0.4, 0.5) is 0 Å². The van der Waals surface area contributed by atoms with E-state index in [4.69, 9.17) is 5.73 Å². The molecule has 1 saturated heterocycles. The van der Waals surface area contributed by atoms with E-state index in [0.29, 0.717) is 23.8 Å². The van der Waals surface area contributed by atoms with Crippen LogP contribution in [0.5, 0.6) is 0 Å². The number of rotatable bonds is 4. The third kappa shape index (κ3) is 4.19. The van der Waals surface area contributed by atoms with Gasteiger partial charge in [-0.05, 0) is 57.4 Å². The minimum absolute atomic E-state index is 0.110. The first-order chi connectivity index (χ1) is 9.88. The number of carbonyl (C=O) groups excluding carboxylic acids is 1. The number of hydrogen-bond donors (Lipinski definition) is 2. The highest BCUT2D eigenvalue weighted by Crippen LogP contribution is 2.33. The van der Waals surface area contributed by atoms with Crippen molar-refractivity contribution in [3.63, 3.8) is 0 Å². The summed E-state index contributed by atoms with van der Waals surface area (Å²) in [5.41, 5.74) is 6.15. The van der Waals surface area contributed by atoms with Crippen molar-refractivity contribution in [1.29, 1.82) is 0 Å². The lowest BCUT2D eigenvalue weighted by Crippen LogP contribution is -2.46. The maximum Gasteiger partial charge on any atom is 0.223 e. The van der Waals surface area contributed by atoms with Crippen LogP contribution in [0.2, 0.25) is 0 Å². The van der Waals surface area contributed by atoms with E-state index in [1.165, 1.54) is 13.0 Å². The second-order valence-electron chi connectivity index (χ2n) is 7.68. The zero-order valence-corrected chi connectivity index (χ0v) is 14.1. The average molecular weight is 295 g/mol. The van der Waals surface area contributed by atoms with Crippen molar-refractivity contribution in [1.82, 2.24) is 10.2 Å². The number of likely N-dealkylation sites (tertiary alicyclic amines) is 1. The van der Waals surface area contributed by atoms with E-state index in [-0.39, 0.29) is 17.9 Å². The molecule has 3 N–H and O–H groups in total. The van der Waals surface area contributed by atoms with Gasteiger partial charge in [-0.15, -0.1) is 0 Å². The first-order valence-corrected chi connectivity index (χ1v) is 8.65. The number of hydrogen-bond acceptors (Lipinski definition) is 3. The van der Waals surface area contributed by atoms with Gasteiger partial charge in [-0.2, -0.15) is 0 Å². The standard InChI is InChI=1S/C17H33N3O/c1-11(2)20-6-5-14(10-20)9-19-17(21)15-8-16(18)13(4)7-12(15)3/h11-16H,5-10,18H2,1-4H3,(H,19,21). The molecule has 1 amide bonds. The molecule has 1 saturated carbocycles. The normalized spacial score (nSPS) is 37.9. The minimum atomic E-state index is 0.110. The maximum atomic E-state index is 12.5. The third-order valence-electron chi connectivity index (χ3n) is 5.64. The van der Waals surface area contributed by atoms with Gasteiger partial charge in [0.25, 0.3) is 0 Å². The van der Waals surface area contributed by atoms with E-state index < -0.39 is 0 Å². The van der Waals surface area contributed by atoms with Crippen LogP contribution in [0, 0.1) is 23.7 Å². The van der Waals surface area contributed by atoms with Crippen molar-refractivity contribution >= 4 is 5.91 Å². The Morgan fingerprint density at radius 3 is 2.62 bits per heavy atom. The van der Waals surface area contributed by atoms with Crippen molar-refractivity contribution in [2.24, 2.45) is 29.4 Å². The Balaban J connectivity index is 1.77. The Morgan fingerprint density at radius 2 is 2.00 bits per heavy atom. The molecule has 0 aromatic heterocycles. The van der Waals surface area contributed by atoms with E-state index in [9.17, 15) is 4.79 Å². The topological polar surface area (TPSA) is 58.4 Å². The number of nitrogens with one attached hydrogen (secondary N) is 1. The van der Waals surface area contributed by atoms with Crippen molar-refractivity contribution < 1.29 is 4.79 Å². The molecule has 0 radical (unpaired) electrons. The van der Waals surface area contributed by atoms with Gasteiger partial charge in [0.15, 0.2) is 0 Å². The van der Waals surface area contributed by atoms with Gasteiger partial charge in [0, 0.05) is 31.1 Å². The highest BCUT2D eigenvalue weighted by atomic mass is 16.1. The summed E-state index contributed by atoms with van der Waals surface area (Å²) in [5, 5.41) is 3.20. The third-order valence-corrected chi connectivity index (χ3v) is 5.64. The van der Waals surface area contributed by atoms with Gasteiger partial charge >= 0.3 is 0 Å². The molecule has 21 heavy (non-hydrogen) atoms. The van der Waals surface area contributed by atoms with Crippen LogP contribution in [-0.2, 0) is 4.79 Å². The van der Waals surface area contributed by atoms with E-state index in [2.05, 4.69) is 37.9 Å². The van der Waals surface area contributed by atoms with E-state index in [0.717, 1.165) is 25.9 Å². The van der Waals surface area contributed by atoms with Crippen molar-refractivity contribution in [3.8, 4) is 0 Å². The summed E-state index contributed by atoms with van der Waals surface area (Å²) in [7, 11) is 0. The average Bonchev–Trinajstić information content (AvgIpc) is 2.89. The fourth-order valence-electron chi connectivity index (χ4n) is 3.92. The molecule has 0 spiro atoms. The SMILES string of the molecule is CC1CC(C)C(C(=O)NCC2CCN(C(C)C)C2)CC1N. The fourth-order valence-corrected chi connectivity index (χ4v) is 3.92. The highest BCUT2D eigenvalue weighted by Gasteiger charge is 2.35. The summed E-state index contributed by atoms with van der Waals surface area (Å²) in [6, 6.07) is 0.795. The Hall–Kier alpha value is -0.610. The first-order valence-electron chi connectivity index (χ1n) is 8.65. The smallest absolute Gasteiger partial charge is 0.223 e. The Bertz CT molecular complexity index is 358. The minimum Gasteiger partial charge on any atom is -0.356 e. The van der Waals surface area contributed by atoms with Gasteiger partial charge in [0.05, 0.1) is 0 Å². The summed E-state index contributed by atoms with van der Waals surface area (Å²) < 4.78 is 0. The molecule has 1 aliphatic carbocycles. The van der Waals surface area contributed by atoms with Gasteiger partial charge in [-0.3, -0.25) is 4.79 Å². The first kappa shape index (κ1) is 16.8. The van der Waals surface area contributed by atoms with E-state index >= 15 is 0 Å². The van der Waals surface area contributed by atoms with Gasteiger partial charge in [0.1, 0.15) is 0 Å². The van der Waals surface area contributed by atoms with Crippen LogP contribution >= 0.6 is 0 Å². The van der Waals surface area contributed by atoms with Gasteiger partial charge in [-0.25, -0.2) is 0 Å². The summed E-state index contributed by atoms with van der Waals surface area (Å²) >= 11 is 0. The lowest BCUT2D eigenvalue weighted by molar-refractivity contribution is -0.128. The molecule has 4 nitrogen and oxygen atoms in total. The number of amides is 1. The van der Waals surface area contributed by atoms with Crippen LogP contribution in [0.1, 0.15) is 47.0 Å². The fraction of sp³-hybridized carbons (Fsp3) is 0.941. The predicted octanol–water partition coefficient (Wildman–Crippen LogP) is 1.84. The predicted molar refractivity (Wildman–Crippen MR) is 86.9 cm³/mol. The number of nitrogens with two attached hydrogens (primary N) is 1. The highest BCUT2D eigenvalue weighted by molar-refractivity contribution is 5.79. The molecule has 4 heteroatoms. The van der Waals surface area contributed by atoms with Crippen molar-refractivity contribution in [3.05, 3.63) is 0 Å². The van der Waals surface area contributed by atoms with Gasteiger partial charge < -0.3 is 16.0 Å². The zero-order chi connectivity index (χ0) is 15.6. The quantitative estimate of drug-likeness (QED) is 0.832. The van der Waals surface area contributed by atoms with Gasteiger partial charge in [-0.1, -0.05) is 13.8 Å². The monoisotopic (exact) mass is 295 g/mol. The van der Waals surface area contributed by atoms with E-state index in [1.54, 1.807) is 0 Å². The summed E-state index contributed by atoms with van der Waals surface area (Å²) in [6.45, 7) is 12.0. The van der Waals surface area contributed by atoms with Crippen molar-refractivity contribution in [2.75, 3.05) is 19.6 Å². The molecule has 2 aliphatic rings. The molecule has 122 valence electrons. The summed E-state index contributed by atoms with van der Waals surface area (Å²) in [5.74, 6) is 1.95. The van der Waals surface area contributed by atoms with E-state index in [1.807, 2.05) is 0 Å². The molecular formula is C17H33N3O. The Kier molecular flexibility index (Phi) is 5.67. The lowest BCUT2D eigenvalue weighted by Gasteiger charge is -2.36. The molecule has 2 rings (SSSR count). The molecule has 0 aromatic rings. The second-order valence-corrected chi connectivity index (χ2v) is 7.68. The molecular weight excluding hydrogens is 262 g/mol. The number of carbonyl (C=O) groups is 1. The largest absolute Gasteiger partial charge is 0.356 e. The Labute approximate surface area is 129 Å². The number of nitrogens with zero attached hydrogens (tertiary/aromatic N) is 1. The molecule has 0 bridgehead atoms. The zero-order valence-electron chi connectivity index (χ0n) is 14.1. The lowest BCUT2D eigenvalue weighted by atomic mass is 9.72. The van der Waals surface area contributed by atoms with Gasteiger partial charge in [0.2, 0.25) is 5.91 Å². The molecule has 5 atom stereocenters. The molecule has 1 heterocycles. The summed E-state index contributed by atoms with van der Waals surface area (Å²) in [6.07, 6.45) is 3.12. The van der Waals surface area contributed by atoms with Crippen LogP contribution in [0.25, 0.3) is 0 Å². The van der Waals surface area contributed by atoms with Crippen LogP contribution < -0.4 is 11.1 Å². The molecule has 5 unspecified atom stereocenters. The Morgan fingerprint density at radius 1 is 1.29 bits per heavy atom. The molecule has 2 fully saturated rings. The molecule has 1 aliphatic heterocycles. The summed E-state index contributed by atoms with van der Waals surface area (Å²) in [4.78, 5) is 15.0. The maximum absolute atomic E-state index is 12.5. The van der Waals surface area contributed by atoms with Crippen LogP contribution in [-0.4, -0.2) is 42.5 Å². The van der Waals surface area contributed by atoms with Crippen LogP contribution in [0.3, 0.4) is 0 Å². The van der Waals surface area contributed by atoms with Crippen molar-refractivity contribution in [2.45, 2.75) is 59.0 Å². The second kappa shape index (κ2) is 7.10.